The Bertz CT molecular complexity index is 747. The maximum atomic E-state index is 9.95. The smallest absolute Gasteiger partial charge is 0.123 e. The fourth-order valence-corrected chi connectivity index (χ4v) is 2.87. The van der Waals surface area contributed by atoms with Gasteiger partial charge in [0.2, 0.25) is 0 Å². The van der Waals surface area contributed by atoms with Crippen molar-refractivity contribution < 1.29 is 15.3 Å². The quantitative estimate of drug-likeness (QED) is 0.382. The molecule has 0 aliphatic rings. The number of nitrogens with two attached hydrogens (primary N) is 1. The summed E-state index contributed by atoms with van der Waals surface area (Å²) in [7, 11) is 0. The van der Waals surface area contributed by atoms with Crippen LogP contribution in [-0.4, -0.2) is 41.6 Å². The molecule has 0 atom stereocenters. The zero-order chi connectivity index (χ0) is 18.6. The van der Waals surface area contributed by atoms with Crippen LogP contribution >= 0.6 is 11.6 Å². The van der Waals surface area contributed by atoms with Crippen molar-refractivity contribution in [1.82, 2.24) is 0 Å². The first-order valence-corrected chi connectivity index (χ1v) is 8.38. The van der Waals surface area contributed by atoms with Gasteiger partial charge >= 0.3 is 0 Å². The van der Waals surface area contributed by atoms with Gasteiger partial charge in [0, 0.05) is 24.3 Å². The van der Waals surface area contributed by atoms with Gasteiger partial charge in [-0.1, -0.05) is 11.6 Å². The molecule has 0 aromatic heterocycles. The highest BCUT2D eigenvalue weighted by Gasteiger charge is 2.13. The van der Waals surface area contributed by atoms with Gasteiger partial charge in [-0.15, -0.1) is 0 Å². The van der Waals surface area contributed by atoms with Crippen molar-refractivity contribution in [2.75, 3.05) is 42.3 Å². The lowest BCUT2D eigenvalue weighted by Crippen LogP contribution is -2.29. The summed E-state index contributed by atoms with van der Waals surface area (Å²) in [6.45, 7) is 4.36. The first-order valence-electron chi connectivity index (χ1n) is 8.01. The van der Waals surface area contributed by atoms with Crippen LogP contribution in [0.4, 0.5) is 22.7 Å². The second kappa shape index (κ2) is 8.29. The molecule has 6 nitrogen and oxygen atoms in total. The minimum absolute atomic E-state index is 0.0137. The molecular weight excluding hydrogens is 342 g/mol. The van der Waals surface area contributed by atoms with Gasteiger partial charge in [-0.3, -0.25) is 0 Å². The van der Waals surface area contributed by atoms with Crippen molar-refractivity contribution in [3.8, 4) is 5.75 Å². The molecule has 0 spiro atoms. The Morgan fingerprint density at radius 1 is 1.08 bits per heavy atom. The number of aromatic hydroxyl groups is 1. The predicted molar refractivity (Wildman–Crippen MR) is 103 cm³/mol. The van der Waals surface area contributed by atoms with Crippen LogP contribution in [0.2, 0.25) is 5.02 Å². The average molecular weight is 366 g/mol. The number of phenols is 1. The maximum absolute atomic E-state index is 9.95. The number of aliphatic hydroxyl groups is 2. The van der Waals surface area contributed by atoms with Crippen molar-refractivity contribution in [2.45, 2.75) is 13.8 Å². The van der Waals surface area contributed by atoms with Crippen molar-refractivity contribution >= 4 is 34.4 Å². The van der Waals surface area contributed by atoms with E-state index in [-0.39, 0.29) is 19.0 Å². The molecule has 25 heavy (non-hydrogen) atoms. The third-order valence-electron chi connectivity index (χ3n) is 4.11. The van der Waals surface area contributed by atoms with Crippen LogP contribution < -0.4 is 16.0 Å². The van der Waals surface area contributed by atoms with Crippen LogP contribution in [0.25, 0.3) is 0 Å². The first kappa shape index (κ1) is 19.2. The molecule has 0 amide bonds. The van der Waals surface area contributed by atoms with E-state index in [0.29, 0.717) is 40.7 Å². The molecule has 0 saturated carbocycles. The monoisotopic (exact) mass is 365 g/mol. The molecule has 6 N–H and O–H groups in total. The zero-order valence-electron chi connectivity index (χ0n) is 14.4. The number of aryl methyl sites for hydroxylation is 1. The second-order valence-electron chi connectivity index (χ2n) is 5.85. The minimum Gasteiger partial charge on any atom is -0.507 e. The van der Waals surface area contributed by atoms with Crippen molar-refractivity contribution in [1.29, 1.82) is 0 Å². The molecule has 0 unspecified atom stereocenters. The zero-order valence-corrected chi connectivity index (χ0v) is 15.1. The molecule has 0 fully saturated rings. The van der Waals surface area contributed by atoms with E-state index in [4.69, 9.17) is 27.5 Å². The van der Waals surface area contributed by atoms with Crippen LogP contribution in [0.5, 0.6) is 5.75 Å². The number of rotatable bonds is 7. The molecule has 0 saturated heterocycles. The normalized spacial score (nSPS) is 10.8. The standard InChI is InChI=1S/C18H24ClN3O3/c1-11-9-16(17(20)12(2)18(11)25)21-15-4-3-13(10-14(15)19)22(5-7-23)6-8-24/h3-4,9-10,21,23-25H,5-8,20H2,1-2H3. The van der Waals surface area contributed by atoms with Gasteiger partial charge in [0.1, 0.15) is 5.75 Å². The van der Waals surface area contributed by atoms with Gasteiger partial charge < -0.3 is 31.3 Å². The van der Waals surface area contributed by atoms with Gasteiger partial charge in [0.25, 0.3) is 0 Å². The fraction of sp³-hybridized carbons (Fsp3) is 0.333. The predicted octanol–water partition coefficient (Wildman–Crippen LogP) is 2.78. The summed E-state index contributed by atoms with van der Waals surface area (Å²) < 4.78 is 0. The van der Waals surface area contributed by atoms with Crippen LogP contribution in [0, 0.1) is 13.8 Å². The van der Waals surface area contributed by atoms with E-state index in [9.17, 15) is 5.11 Å². The largest absolute Gasteiger partial charge is 0.507 e. The minimum atomic E-state index is -0.0137. The molecule has 2 aromatic carbocycles. The van der Waals surface area contributed by atoms with Gasteiger partial charge in [0.05, 0.1) is 35.3 Å². The Labute approximate surface area is 152 Å². The molecule has 2 aromatic rings. The van der Waals surface area contributed by atoms with E-state index in [1.165, 1.54) is 0 Å². The number of hydrogen-bond donors (Lipinski definition) is 5. The molecule has 0 radical (unpaired) electrons. The summed E-state index contributed by atoms with van der Waals surface area (Å²) in [4.78, 5) is 1.85. The number of hydrogen-bond acceptors (Lipinski definition) is 6. The molecule has 136 valence electrons. The highest BCUT2D eigenvalue weighted by Crippen LogP contribution is 2.37. The average Bonchev–Trinajstić information content (AvgIpc) is 2.59. The van der Waals surface area contributed by atoms with Crippen molar-refractivity contribution in [2.24, 2.45) is 0 Å². The van der Waals surface area contributed by atoms with Gasteiger partial charge in [-0.05, 0) is 43.7 Å². The Kier molecular flexibility index (Phi) is 6.36. The summed E-state index contributed by atoms with van der Waals surface area (Å²) >= 11 is 6.38. The third kappa shape index (κ3) is 4.28. The molecule has 2 rings (SSSR count). The van der Waals surface area contributed by atoms with Gasteiger partial charge in [-0.25, -0.2) is 0 Å². The Morgan fingerprint density at radius 3 is 2.28 bits per heavy atom. The van der Waals surface area contributed by atoms with Crippen LogP contribution in [0.15, 0.2) is 24.3 Å². The molecule has 7 heteroatoms. The van der Waals surface area contributed by atoms with Crippen LogP contribution in [0.3, 0.4) is 0 Å². The Morgan fingerprint density at radius 2 is 1.72 bits per heavy atom. The van der Waals surface area contributed by atoms with E-state index in [1.807, 2.05) is 17.0 Å². The molecular formula is C18H24ClN3O3. The summed E-state index contributed by atoms with van der Waals surface area (Å²) in [5.41, 5.74) is 10.0. The second-order valence-corrected chi connectivity index (χ2v) is 6.26. The lowest BCUT2D eigenvalue weighted by molar-refractivity contribution is 0.281. The fourth-order valence-electron chi connectivity index (χ4n) is 2.65. The number of nitrogens with zero attached hydrogens (tertiary/aromatic N) is 1. The lowest BCUT2D eigenvalue weighted by Gasteiger charge is -2.24. The van der Waals surface area contributed by atoms with E-state index < -0.39 is 0 Å². The summed E-state index contributed by atoms with van der Waals surface area (Å²) in [6, 6.07) is 7.21. The van der Waals surface area contributed by atoms with Crippen LogP contribution in [-0.2, 0) is 0 Å². The number of halogens is 1. The number of phenolic OH excluding ortho intramolecular Hbond substituents is 1. The third-order valence-corrected chi connectivity index (χ3v) is 4.42. The number of nitrogen functional groups attached to an aromatic ring is 1. The van der Waals surface area contributed by atoms with Crippen LogP contribution in [0.1, 0.15) is 11.1 Å². The lowest BCUT2D eigenvalue weighted by atomic mass is 10.1. The molecule has 0 heterocycles. The Balaban J connectivity index is 2.30. The maximum Gasteiger partial charge on any atom is 0.123 e. The number of nitrogens with one attached hydrogen (secondary N) is 1. The SMILES string of the molecule is Cc1cc(Nc2ccc(N(CCO)CCO)cc2Cl)c(N)c(C)c1O. The van der Waals surface area contributed by atoms with Gasteiger partial charge in [0.15, 0.2) is 0 Å². The molecule has 0 aliphatic heterocycles. The molecule has 0 aliphatic carbocycles. The number of aliphatic hydroxyl groups excluding tert-OH is 2. The highest BCUT2D eigenvalue weighted by molar-refractivity contribution is 6.33. The molecule has 0 bridgehead atoms. The first-order chi connectivity index (χ1) is 11.9. The van der Waals surface area contributed by atoms with E-state index in [0.717, 1.165) is 11.3 Å². The van der Waals surface area contributed by atoms with Crippen molar-refractivity contribution in [3.05, 3.63) is 40.4 Å². The van der Waals surface area contributed by atoms with E-state index >= 15 is 0 Å². The van der Waals surface area contributed by atoms with E-state index in [2.05, 4.69) is 5.32 Å². The van der Waals surface area contributed by atoms with Crippen molar-refractivity contribution in [3.63, 3.8) is 0 Å². The topological polar surface area (TPSA) is 102 Å². The Hall–Kier alpha value is -2.15. The van der Waals surface area contributed by atoms with Gasteiger partial charge in [-0.2, -0.15) is 0 Å². The highest BCUT2D eigenvalue weighted by atomic mass is 35.5. The summed E-state index contributed by atoms with van der Waals surface area (Å²) in [6.07, 6.45) is 0. The number of benzene rings is 2. The summed E-state index contributed by atoms with van der Waals surface area (Å²) in [5, 5.41) is 31.9. The summed E-state index contributed by atoms with van der Waals surface area (Å²) in [5.74, 6) is 0.188. The number of anilines is 4. The van der Waals surface area contributed by atoms with E-state index in [1.54, 1.807) is 26.0 Å².